The Morgan fingerprint density at radius 2 is 1.76 bits per heavy atom. The van der Waals surface area contributed by atoms with E-state index in [2.05, 4.69) is 35.3 Å². The monoisotopic (exact) mass is 352 g/mol. The van der Waals surface area contributed by atoms with E-state index < -0.39 is 0 Å². The molecule has 1 atom stereocenters. The van der Waals surface area contributed by atoms with Crippen LogP contribution >= 0.6 is 11.8 Å². The van der Waals surface area contributed by atoms with E-state index >= 15 is 0 Å². The first-order valence-electron chi connectivity index (χ1n) is 8.52. The summed E-state index contributed by atoms with van der Waals surface area (Å²) in [6.07, 6.45) is 1.27. The Hall–Kier alpha value is -2.34. The molecule has 128 valence electrons. The molecule has 0 spiro atoms. The third-order valence-corrected chi connectivity index (χ3v) is 5.70. The zero-order valence-electron chi connectivity index (χ0n) is 14.1. The lowest BCUT2D eigenvalue weighted by atomic mass is 10.2. The van der Waals surface area contributed by atoms with Crippen molar-refractivity contribution < 1.29 is 4.79 Å². The lowest BCUT2D eigenvalue weighted by Gasteiger charge is -2.23. The van der Waals surface area contributed by atoms with Crippen LogP contribution in [0.4, 0.5) is 0 Å². The van der Waals surface area contributed by atoms with Crippen LogP contribution in [0.5, 0.6) is 0 Å². The van der Waals surface area contributed by atoms with Gasteiger partial charge in [0.05, 0.1) is 0 Å². The van der Waals surface area contributed by atoms with Gasteiger partial charge in [-0.1, -0.05) is 30.3 Å². The summed E-state index contributed by atoms with van der Waals surface area (Å²) in [7, 11) is 0. The third-order valence-electron chi connectivity index (χ3n) is 4.55. The molecule has 0 radical (unpaired) electrons. The largest absolute Gasteiger partial charge is 0.318 e. The Labute approximate surface area is 151 Å². The van der Waals surface area contributed by atoms with Crippen molar-refractivity contribution in [2.24, 2.45) is 0 Å². The highest BCUT2D eigenvalue weighted by Gasteiger charge is 2.33. The first kappa shape index (κ1) is 16.1. The van der Waals surface area contributed by atoms with Crippen molar-refractivity contribution in [3.63, 3.8) is 0 Å². The summed E-state index contributed by atoms with van der Waals surface area (Å²) in [5.41, 5.74) is 3.02. The van der Waals surface area contributed by atoms with Gasteiger partial charge in [0.25, 0.3) is 0 Å². The SMILES string of the molecule is Cc1ccccc1SCCN1C(=O)CCC1n1nc2ccccc2n1. The van der Waals surface area contributed by atoms with Gasteiger partial charge >= 0.3 is 0 Å². The maximum absolute atomic E-state index is 12.3. The number of hydrogen-bond acceptors (Lipinski definition) is 4. The summed E-state index contributed by atoms with van der Waals surface area (Å²) in [6.45, 7) is 2.83. The van der Waals surface area contributed by atoms with Crippen molar-refractivity contribution in [2.45, 2.75) is 30.8 Å². The van der Waals surface area contributed by atoms with Gasteiger partial charge in [-0.25, -0.2) is 0 Å². The van der Waals surface area contributed by atoms with Gasteiger partial charge in [-0.3, -0.25) is 4.79 Å². The smallest absolute Gasteiger partial charge is 0.224 e. The minimum absolute atomic E-state index is 0.0719. The van der Waals surface area contributed by atoms with Crippen molar-refractivity contribution in [1.29, 1.82) is 0 Å². The molecule has 1 amide bonds. The van der Waals surface area contributed by atoms with E-state index in [1.54, 1.807) is 16.6 Å². The summed E-state index contributed by atoms with van der Waals surface area (Å²) in [4.78, 5) is 17.2. The van der Waals surface area contributed by atoms with Crippen LogP contribution in [0.15, 0.2) is 53.4 Å². The number of rotatable bonds is 5. The molecule has 2 aromatic carbocycles. The van der Waals surface area contributed by atoms with Crippen molar-refractivity contribution >= 4 is 28.7 Å². The summed E-state index contributed by atoms with van der Waals surface area (Å²) in [6, 6.07) is 16.2. The molecule has 1 unspecified atom stereocenters. The minimum atomic E-state index is -0.0719. The molecule has 1 saturated heterocycles. The number of aryl methyl sites for hydroxylation is 1. The van der Waals surface area contributed by atoms with Crippen LogP contribution in [0, 0.1) is 6.92 Å². The van der Waals surface area contributed by atoms with Crippen LogP contribution in [0.1, 0.15) is 24.6 Å². The third kappa shape index (κ3) is 3.26. The molecule has 0 aliphatic carbocycles. The molecule has 1 aliphatic rings. The lowest BCUT2D eigenvalue weighted by molar-refractivity contribution is -0.130. The highest BCUT2D eigenvalue weighted by molar-refractivity contribution is 7.99. The highest BCUT2D eigenvalue weighted by Crippen LogP contribution is 2.29. The number of likely N-dealkylation sites (tertiary alicyclic amines) is 1. The van der Waals surface area contributed by atoms with Gasteiger partial charge < -0.3 is 4.90 Å². The second-order valence-corrected chi connectivity index (χ2v) is 7.37. The number of nitrogens with zero attached hydrogens (tertiary/aromatic N) is 4. The van der Waals surface area contributed by atoms with E-state index in [9.17, 15) is 4.79 Å². The Morgan fingerprint density at radius 3 is 2.48 bits per heavy atom. The molecule has 1 aromatic heterocycles. The minimum Gasteiger partial charge on any atom is -0.318 e. The fourth-order valence-corrected chi connectivity index (χ4v) is 4.19. The van der Waals surface area contributed by atoms with Gasteiger partial charge in [-0.05, 0) is 37.1 Å². The Balaban J connectivity index is 1.47. The van der Waals surface area contributed by atoms with Crippen molar-refractivity contribution in [2.75, 3.05) is 12.3 Å². The number of carbonyl (C=O) groups excluding carboxylic acids is 1. The number of hydrogen-bond donors (Lipinski definition) is 0. The van der Waals surface area contributed by atoms with Crippen LogP contribution in [0.3, 0.4) is 0 Å². The number of amides is 1. The average molecular weight is 352 g/mol. The van der Waals surface area contributed by atoms with E-state index in [-0.39, 0.29) is 12.1 Å². The predicted molar refractivity (Wildman–Crippen MR) is 99.4 cm³/mol. The summed E-state index contributed by atoms with van der Waals surface area (Å²) < 4.78 is 0. The van der Waals surface area contributed by atoms with Crippen LogP contribution in [-0.4, -0.2) is 38.1 Å². The normalized spacial score (nSPS) is 17.6. The lowest BCUT2D eigenvalue weighted by Crippen LogP contribution is -2.34. The number of thioether (sulfide) groups is 1. The number of aromatic nitrogens is 3. The van der Waals surface area contributed by atoms with Gasteiger partial charge in [0.1, 0.15) is 17.2 Å². The molecule has 0 bridgehead atoms. The summed E-state index contributed by atoms with van der Waals surface area (Å²) >= 11 is 1.79. The van der Waals surface area contributed by atoms with E-state index in [1.807, 2.05) is 35.2 Å². The first-order chi connectivity index (χ1) is 12.2. The second kappa shape index (κ2) is 6.88. The van der Waals surface area contributed by atoms with Crippen molar-refractivity contribution in [1.82, 2.24) is 19.9 Å². The molecule has 25 heavy (non-hydrogen) atoms. The Bertz CT molecular complexity index is 874. The maximum Gasteiger partial charge on any atom is 0.224 e. The van der Waals surface area contributed by atoms with E-state index in [1.165, 1.54) is 10.5 Å². The standard InChI is InChI=1S/C19H20N4OS/c1-14-6-2-5-9-17(14)25-13-12-22-18(10-11-19(22)24)23-20-15-7-3-4-8-16(15)21-23/h2-9,18H,10-13H2,1H3. The maximum atomic E-state index is 12.3. The number of fused-ring (bicyclic) bond motifs is 1. The zero-order chi connectivity index (χ0) is 17.2. The molecule has 4 rings (SSSR count). The summed E-state index contributed by atoms with van der Waals surface area (Å²) in [5.74, 6) is 1.06. The molecule has 2 heterocycles. The number of carbonyl (C=O) groups is 1. The fourth-order valence-electron chi connectivity index (χ4n) is 3.21. The number of benzene rings is 2. The topological polar surface area (TPSA) is 51.0 Å². The Kier molecular flexibility index (Phi) is 4.44. The van der Waals surface area contributed by atoms with Crippen LogP contribution in [0.2, 0.25) is 0 Å². The quantitative estimate of drug-likeness (QED) is 0.658. The van der Waals surface area contributed by atoms with Gasteiger partial charge in [-0.2, -0.15) is 15.0 Å². The van der Waals surface area contributed by atoms with E-state index in [4.69, 9.17) is 0 Å². The van der Waals surface area contributed by atoms with Crippen molar-refractivity contribution in [3.8, 4) is 0 Å². The predicted octanol–water partition coefficient (Wildman–Crippen LogP) is 3.65. The molecule has 1 fully saturated rings. The van der Waals surface area contributed by atoms with Gasteiger partial charge in [0.15, 0.2) is 0 Å². The van der Waals surface area contributed by atoms with Crippen molar-refractivity contribution in [3.05, 3.63) is 54.1 Å². The van der Waals surface area contributed by atoms with Gasteiger partial charge in [0, 0.05) is 23.6 Å². The van der Waals surface area contributed by atoms with Gasteiger partial charge in [0.2, 0.25) is 5.91 Å². The molecule has 0 N–H and O–H groups in total. The molecule has 5 nitrogen and oxygen atoms in total. The van der Waals surface area contributed by atoms with E-state index in [0.717, 1.165) is 23.2 Å². The fraction of sp³-hybridized carbons (Fsp3) is 0.316. The zero-order valence-corrected chi connectivity index (χ0v) is 14.9. The molecule has 3 aromatic rings. The van der Waals surface area contributed by atoms with Crippen LogP contribution < -0.4 is 0 Å². The summed E-state index contributed by atoms with van der Waals surface area (Å²) in [5, 5.41) is 9.13. The average Bonchev–Trinajstić information content (AvgIpc) is 3.20. The molecular formula is C19H20N4OS. The molecule has 6 heteroatoms. The second-order valence-electron chi connectivity index (χ2n) is 6.23. The Morgan fingerprint density at radius 1 is 1.08 bits per heavy atom. The molecule has 0 saturated carbocycles. The van der Waals surface area contributed by atoms with Crippen LogP contribution in [-0.2, 0) is 4.79 Å². The van der Waals surface area contributed by atoms with E-state index in [0.29, 0.717) is 13.0 Å². The highest BCUT2D eigenvalue weighted by atomic mass is 32.2. The van der Waals surface area contributed by atoms with Crippen LogP contribution in [0.25, 0.3) is 11.0 Å². The first-order valence-corrected chi connectivity index (χ1v) is 9.50. The van der Waals surface area contributed by atoms with Gasteiger partial charge in [-0.15, -0.1) is 11.8 Å². The molecular weight excluding hydrogens is 332 g/mol. The molecule has 1 aliphatic heterocycles.